The molecular weight excluding hydrogens is 426 g/mol. The van der Waals surface area contributed by atoms with Crippen LogP contribution < -0.4 is 9.64 Å². The SMILES string of the molecule is Clc1nnc(OCCCCCCOCc2ccccc2)c2cc(N3CCOCC3)ccc12. The van der Waals surface area contributed by atoms with Crippen LogP contribution in [-0.4, -0.2) is 49.7 Å². The van der Waals surface area contributed by atoms with E-state index in [0.29, 0.717) is 24.2 Å². The first kappa shape index (κ1) is 22.8. The molecule has 32 heavy (non-hydrogen) atoms. The van der Waals surface area contributed by atoms with Gasteiger partial charge in [-0.25, -0.2) is 0 Å². The van der Waals surface area contributed by atoms with E-state index in [1.807, 2.05) is 24.3 Å². The first-order chi connectivity index (χ1) is 15.8. The average molecular weight is 456 g/mol. The second kappa shape index (κ2) is 12.0. The molecule has 1 aliphatic heterocycles. The first-order valence-corrected chi connectivity index (χ1v) is 11.7. The van der Waals surface area contributed by atoms with E-state index < -0.39 is 0 Å². The Kier molecular flexibility index (Phi) is 8.54. The highest BCUT2D eigenvalue weighted by molar-refractivity contribution is 6.34. The van der Waals surface area contributed by atoms with E-state index in [2.05, 4.69) is 39.4 Å². The molecule has 3 aromatic rings. The van der Waals surface area contributed by atoms with E-state index in [4.69, 9.17) is 25.8 Å². The van der Waals surface area contributed by atoms with Crippen LogP contribution >= 0.6 is 11.6 Å². The molecule has 1 fully saturated rings. The zero-order valence-corrected chi connectivity index (χ0v) is 19.1. The largest absolute Gasteiger partial charge is 0.476 e. The lowest BCUT2D eigenvalue weighted by molar-refractivity contribution is 0.116. The number of morpholine rings is 1. The van der Waals surface area contributed by atoms with Gasteiger partial charge in [-0.2, -0.15) is 0 Å². The van der Waals surface area contributed by atoms with Crippen molar-refractivity contribution < 1.29 is 14.2 Å². The number of hydrogen-bond acceptors (Lipinski definition) is 6. The first-order valence-electron chi connectivity index (χ1n) is 11.3. The number of anilines is 1. The Morgan fingerprint density at radius 1 is 0.875 bits per heavy atom. The summed E-state index contributed by atoms with van der Waals surface area (Å²) in [4.78, 5) is 2.31. The topological polar surface area (TPSA) is 56.7 Å². The molecule has 2 heterocycles. The normalized spacial score (nSPS) is 14.1. The maximum atomic E-state index is 6.28. The Morgan fingerprint density at radius 2 is 1.66 bits per heavy atom. The monoisotopic (exact) mass is 455 g/mol. The summed E-state index contributed by atoms with van der Waals surface area (Å²) in [6.45, 7) is 5.32. The molecule has 0 radical (unpaired) electrons. The standard InChI is InChI=1S/C25H30ClN3O3/c26-24-22-11-10-21(29-12-16-30-17-13-29)18-23(22)25(28-27-24)32-15-7-2-1-6-14-31-19-20-8-4-3-5-9-20/h3-5,8-11,18H,1-2,6-7,12-17,19H2. The van der Waals surface area contributed by atoms with Crippen LogP contribution in [0.25, 0.3) is 10.8 Å². The zero-order chi connectivity index (χ0) is 22.0. The molecule has 1 aromatic heterocycles. The minimum atomic E-state index is 0.399. The van der Waals surface area contributed by atoms with E-state index in [9.17, 15) is 0 Å². The quantitative estimate of drug-likeness (QED) is 0.367. The molecule has 1 saturated heterocycles. The molecule has 170 valence electrons. The number of unbranched alkanes of at least 4 members (excludes halogenated alkanes) is 3. The molecule has 0 spiro atoms. The van der Waals surface area contributed by atoms with Crippen LogP contribution in [0.2, 0.25) is 5.15 Å². The molecule has 0 bridgehead atoms. The molecule has 4 rings (SSSR count). The Bertz CT molecular complexity index is 981. The van der Waals surface area contributed by atoms with E-state index in [0.717, 1.165) is 75.1 Å². The maximum absolute atomic E-state index is 6.28. The number of ether oxygens (including phenoxy) is 3. The van der Waals surface area contributed by atoms with Crippen molar-refractivity contribution >= 4 is 28.1 Å². The summed E-state index contributed by atoms with van der Waals surface area (Å²) >= 11 is 6.28. The number of rotatable bonds is 11. The highest BCUT2D eigenvalue weighted by Gasteiger charge is 2.15. The van der Waals surface area contributed by atoms with Crippen LogP contribution in [-0.2, 0) is 16.1 Å². The number of halogens is 1. The Labute approximate surface area is 194 Å². The fourth-order valence-electron chi connectivity index (χ4n) is 3.80. The average Bonchev–Trinajstić information content (AvgIpc) is 2.85. The van der Waals surface area contributed by atoms with Gasteiger partial charge in [0.2, 0.25) is 5.88 Å². The predicted molar refractivity (Wildman–Crippen MR) is 128 cm³/mol. The number of aromatic nitrogens is 2. The van der Waals surface area contributed by atoms with Gasteiger partial charge >= 0.3 is 0 Å². The summed E-state index contributed by atoms with van der Waals surface area (Å²) in [6, 6.07) is 16.4. The summed E-state index contributed by atoms with van der Waals surface area (Å²) in [5, 5.41) is 10.4. The summed E-state index contributed by atoms with van der Waals surface area (Å²) in [7, 11) is 0. The molecule has 7 heteroatoms. The third-order valence-corrected chi connectivity index (χ3v) is 5.87. The van der Waals surface area contributed by atoms with Gasteiger partial charge in [-0.1, -0.05) is 48.4 Å². The highest BCUT2D eigenvalue weighted by Crippen LogP contribution is 2.31. The van der Waals surface area contributed by atoms with Gasteiger partial charge < -0.3 is 19.1 Å². The van der Waals surface area contributed by atoms with Crippen LogP contribution in [0.15, 0.2) is 48.5 Å². The molecular formula is C25H30ClN3O3. The van der Waals surface area contributed by atoms with Gasteiger partial charge in [0.25, 0.3) is 0 Å². The molecule has 2 aromatic carbocycles. The molecule has 1 aliphatic rings. The van der Waals surface area contributed by atoms with Gasteiger partial charge in [-0.15, -0.1) is 10.2 Å². The molecule has 6 nitrogen and oxygen atoms in total. The summed E-state index contributed by atoms with van der Waals surface area (Å²) < 4.78 is 17.2. The lowest BCUT2D eigenvalue weighted by atomic mass is 10.1. The van der Waals surface area contributed by atoms with Crippen molar-refractivity contribution in [2.24, 2.45) is 0 Å². The Hall–Kier alpha value is -2.41. The van der Waals surface area contributed by atoms with E-state index in [1.165, 1.54) is 5.56 Å². The predicted octanol–water partition coefficient (Wildman–Crippen LogP) is 5.28. The van der Waals surface area contributed by atoms with Gasteiger partial charge in [0.05, 0.1) is 31.8 Å². The fourth-order valence-corrected chi connectivity index (χ4v) is 4.01. The van der Waals surface area contributed by atoms with E-state index in [-0.39, 0.29) is 0 Å². The smallest absolute Gasteiger partial charge is 0.241 e. The number of fused-ring (bicyclic) bond motifs is 1. The third kappa shape index (κ3) is 6.31. The van der Waals surface area contributed by atoms with Crippen molar-refractivity contribution in [1.82, 2.24) is 10.2 Å². The molecule has 0 saturated carbocycles. The van der Waals surface area contributed by atoms with Gasteiger partial charge in [-0.3, -0.25) is 0 Å². The van der Waals surface area contributed by atoms with Crippen LogP contribution in [0.3, 0.4) is 0 Å². The lowest BCUT2D eigenvalue weighted by Crippen LogP contribution is -2.36. The zero-order valence-electron chi connectivity index (χ0n) is 18.3. The van der Waals surface area contributed by atoms with Crippen molar-refractivity contribution in [2.45, 2.75) is 32.3 Å². The molecule has 0 amide bonds. The molecule has 0 N–H and O–H groups in total. The molecule has 0 aliphatic carbocycles. The van der Waals surface area contributed by atoms with Crippen LogP contribution in [0.5, 0.6) is 5.88 Å². The number of nitrogens with zero attached hydrogens (tertiary/aromatic N) is 3. The van der Waals surface area contributed by atoms with E-state index >= 15 is 0 Å². The second-order valence-corrected chi connectivity index (χ2v) is 8.28. The van der Waals surface area contributed by atoms with Crippen molar-refractivity contribution in [3.8, 4) is 5.88 Å². The van der Waals surface area contributed by atoms with Crippen molar-refractivity contribution in [3.63, 3.8) is 0 Å². The fraction of sp³-hybridized carbons (Fsp3) is 0.440. The van der Waals surface area contributed by atoms with Crippen LogP contribution in [0.4, 0.5) is 5.69 Å². The summed E-state index contributed by atoms with van der Waals surface area (Å²) in [6.07, 6.45) is 4.23. The third-order valence-electron chi connectivity index (χ3n) is 5.59. The van der Waals surface area contributed by atoms with Gasteiger partial charge in [-0.05, 0) is 43.0 Å². The minimum Gasteiger partial charge on any atom is -0.476 e. The number of benzene rings is 2. The van der Waals surface area contributed by atoms with Crippen molar-refractivity contribution in [2.75, 3.05) is 44.4 Å². The molecule has 0 unspecified atom stereocenters. The maximum Gasteiger partial charge on any atom is 0.241 e. The Balaban J connectivity index is 1.22. The highest BCUT2D eigenvalue weighted by atomic mass is 35.5. The van der Waals surface area contributed by atoms with Gasteiger partial charge in [0, 0.05) is 30.8 Å². The second-order valence-electron chi connectivity index (χ2n) is 7.93. The Morgan fingerprint density at radius 3 is 2.47 bits per heavy atom. The molecule has 0 atom stereocenters. The van der Waals surface area contributed by atoms with Crippen LogP contribution in [0.1, 0.15) is 31.2 Å². The van der Waals surface area contributed by atoms with Crippen LogP contribution in [0, 0.1) is 0 Å². The van der Waals surface area contributed by atoms with Gasteiger partial charge in [0.1, 0.15) is 0 Å². The summed E-state index contributed by atoms with van der Waals surface area (Å²) in [5.74, 6) is 0.547. The van der Waals surface area contributed by atoms with Crippen molar-refractivity contribution in [1.29, 1.82) is 0 Å². The van der Waals surface area contributed by atoms with Gasteiger partial charge in [0.15, 0.2) is 5.15 Å². The van der Waals surface area contributed by atoms with E-state index in [1.54, 1.807) is 0 Å². The number of hydrogen-bond donors (Lipinski definition) is 0. The summed E-state index contributed by atoms with van der Waals surface area (Å²) in [5.41, 5.74) is 2.35. The minimum absolute atomic E-state index is 0.399. The van der Waals surface area contributed by atoms with Crippen molar-refractivity contribution in [3.05, 3.63) is 59.2 Å². The lowest BCUT2D eigenvalue weighted by Gasteiger charge is -2.29.